The van der Waals surface area contributed by atoms with Gasteiger partial charge in [0.2, 0.25) is 0 Å². The van der Waals surface area contributed by atoms with Crippen molar-refractivity contribution in [1.29, 1.82) is 0 Å². The van der Waals surface area contributed by atoms with Gasteiger partial charge in [0.1, 0.15) is 12.4 Å². The molecule has 10 heteroatoms. The van der Waals surface area contributed by atoms with Crippen molar-refractivity contribution in [3.05, 3.63) is 106 Å². The molecule has 10 nitrogen and oxygen atoms in total. The molecule has 360 valence electrons. The van der Waals surface area contributed by atoms with E-state index in [1.165, 1.54) is 48.8 Å². The van der Waals surface area contributed by atoms with Gasteiger partial charge in [0.25, 0.3) is 0 Å². The number of hydrogen-bond donors (Lipinski definition) is 7. The number of hydrogen-bond acceptors (Lipinski definition) is 10. The minimum absolute atomic E-state index is 0.0294. The third kappa shape index (κ3) is 11.6. The Hall–Kier alpha value is -3.03. The van der Waals surface area contributed by atoms with Crippen LogP contribution in [-0.2, 0) is 27.1 Å². The molecule has 4 aliphatic carbocycles. The lowest BCUT2D eigenvalue weighted by Gasteiger charge is -2.61. The van der Waals surface area contributed by atoms with Crippen molar-refractivity contribution >= 4 is 6.29 Å². The van der Waals surface area contributed by atoms with Crippen molar-refractivity contribution in [3.8, 4) is 0 Å². The number of methoxy groups -OCH3 is 1. The van der Waals surface area contributed by atoms with Crippen molar-refractivity contribution in [3.63, 3.8) is 0 Å². The molecule has 1 aliphatic heterocycles. The molecular weight excluding hydrogens is 817 g/mol. The second-order valence-corrected chi connectivity index (χ2v) is 20.4. The molecule has 65 heavy (non-hydrogen) atoms. The highest BCUT2D eigenvalue weighted by Gasteiger charge is 2.68. The van der Waals surface area contributed by atoms with Gasteiger partial charge in [-0.2, -0.15) is 0 Å². The van der Waals surface area contributed by atoms with Crippen molar-refractivity contribution in [1.82, 2.24) is 10.6 Å². The molecule has 6 rings (SSSR count). The molecule has 0 amide bonds. The number of benzene rings is 1. The Bertz CT molecular complexity index is 1900. The third-order valence-corrected chi connectivity index (χ3v) is 16.4. The summed E-state index contributed by atoms with van der Waals surface area (Å²) in [5.41, 5.74) is 5.09. The Morgan fingerprint density at radius 3 is 2.62 bits per heavy atom. The molecule has 1 heterocycles. The molecule has 0 aromatic heterocycles. The zero-order valence-corrected chi connectivity index (χ0v) is 40.0. The largest absolute Gasteiger partial charge is 0.396 e. The number of aliphatic hydroxyl groups is 5. The Labute approximate surface area is 390 Å². The fraction of sp³-hybridized carbons (Fsp3) is 0.655. The van der Waals surface area contributed by atoms with Gasteiger partial charge in [-0.1, -0.05) is 103 Å². The van der Waals surface area contributed by atoms with Crippen LogP contribution in [0.1, 0.15) is 102 Å². The predicted molar refractivity (Wildman–Crippen MR) is 259 cm³/mol. The molecule has 0 unspecified atom stereocenters. The van der Waals surface area contributed by atoms with Crippen LogP contribution in [0.4, 0.5) is 0 Å². The molecule has 3 saturated carbocycles. The number of carbonyl (C=O) groups is 1. The minimum atomic E-state index is -1.26. The van der Waals surface area contributed by atoms with Crippen LogP contribution in [0.25, 0.3) is 0 Å². The first kappa shape index (κ1) is 51.4. The summed E-state index contributed by atoms with van der Waals surface area (Å²) in [5, 5.41) is 63.4. The van der Waals surface area contributed by atoms with Crippen LogP contribution in [0.15, 0.2) is 95.2 Å². The molecule has 0 radical (unpaired) electrons. The third-order valence-electron chi connectivity index (χ3n) is 16.4. The van der Waals surface area contributed by atoms with Crippen LogP contribution in [-0.4, -0.2) is 115 Å². The number of nitrogens with one attached hydrogen (secondary N) is 2. The predicted octanol–water partition coefficient (Wildman–Crippen LogP) is 6.91. The summed E-state index contributed by atoms with van der Waals surface area (Å²) < 4.78 is 11.8. The first-order chi connectivity index (χ1) is 31.4. The van der Waals surface area contributed by atoms with Gasteiger partial charge in [-0.15, -0.1) is 0 Å². The zero-order valence-electron chi connectivity index (χ0n) is 40.0. The number of aldehydes is 1. The highest BCUT2D eigenvalue weighted by atomic mass is 16.5. The standard InChI is InChI=1S/C55H82N2O8/c1-38-17-18-44(30-41-12-10-13-42(29-41)31-53(57-33-38,25-28-64-5)47-15-7-6-8-16-47)39(2)11-9-14-46(36-65-37-48(61)35-60)49-21-23-55(52(49)62)51-43(22-27-58)19-20-45(50(51)40(3)34-59)32-54(55,63)24-26-56-4/h9-14,17,19-20,29,34,43-45,47-49,51-52,56-58,60-63H,2,6-8,15-16,18,21-28,30-33,35-37H2,1,3-5H3/b11-9+,38-17+,46-14-,50-40?/t43-,44+,45-,48+,49-,51-,52+,53+,54+,55+/m0/s1. The normalized spacial score (nSPS) is 34.5. The molecule has 10 atom stereocenters. The maximum Gasteiger partial charge on any atom is 0.145 e. The zero-order chi connectivity index (χ0) is 46.6. The molecule has 1 spiro atoms. The number of rotatable bonds is 19. The summed E-state index contributed by atoms with van der Waals surface area (Å²) in [6.07, 6.45) is 23.9. The summed E-state index contributed by atoms with van der Waals surface area (Å²) in [4.78, 5) is 12.5. The van der Waals surface area contributed by atoms with Gasteiger partial charge < -0.3 is 45.6 Å². The van der Waals surface area contributed by atoms with E-state index in [1.54, 1.807) is 0 Å². The maximum atomic E-state index is 13.0. The average Bonchev–Trinajstić information content (AvgIpc) is 3.66. The Morgan fingerprint density at radius 1 is 1.11 bits per heavy atom. The number of carbonyl (C=O) groups excluding carboxylic acids is 1. The summed E-state index contributed by atoms with van der Waals surface area (Å²) >= 11 is 0. The summed E-state index contributed by atoms with van der Waals surface area (Å²) in [6.45, 7) is 10.4. The fourth-order valence-electron chi connectivity index (χ4n) is 13.0. The molecule has 7 N–H and O–H groups in total. The second-order valence-electron chi connectivity index (χ2n) is 20.4. The lowest BCUT2D eigenvalue weighted by molar-refractivity contribution is -0.194. The van der Waals surface area contributed by atoms with E-state index < -0.39 is 35.7 Å². The molecule has 5 aliphatic rings. The summed E-state index contributed by atoms with van der Waals surface area (Å²) in [6, 6.07) is 9.13. The quantitative estimate of drug-likeness (QED) is 0.0337. The molecular formula is C55H82N2O8. The van der Waals surface area contributed by atoms with Gasteiger partial charge in [-0.05, 0) is 144 Å². The van der Waals surface area contributed by atoms with Gasteiger partial charge in [-0.3, -0.25) is 4.79 Å². The van der Waals surface area contributed by atoms with E-state index in [2.05, 4.69) is 72.7 Å². The van der Waals surface area contributed by atoms with Crippen molar-refractivity contribution in [2.45, 2.75) is 127 Å². The number of fused-ring (bicyclic) bond motifs is 5. The molecule has 1 aromatic carbocycles. The lowest BCUT2D eigenvalue weighted by Crippen LogP contribution is -2.65. The van der Waals surface area contributed by atoms with Crippen LogP contribution < -0.4 is 10.6 Å². The molecule has 1 aromatic rings. The van der Waals surface area contributed by atoms with Crippen molar-refractivity contribution in [2.24, 2.45) is 40.9 Å². The lowest BCUT2D eigenvalue weighted by atomic mass is 9.45. The average molecular weight is 899 g/mol. The Balaban J connectivity index is 1.31. The first-order valence-electron chi connectivity index (χ1n) is 24.8. The van der Waals surface area contributed by atoms with Gasteiger partial charge >= 0.3 is 0 Å². The van der Waals surface area contributed by atoms with E-state index in [-0.39, 0.29) is 49.0 Å². The second kappa shape index (κ2) is 23.8. The smallest absolute Gasteiger partial charge is 0.145 e. The summed E-state index contributed by atoms with van der Waals surface area (Å²) in [5.74, 6) is -0.308. The molecule has 0 saturated heterocycles. The van der Waals surface area contributed by atoms with Crippen LogP contribution in [0.5, 0.6) is 0 Å². The number of ether oxygens (including phenoxy) is 2. The van der Waals surface area contributed by atoms with Crippen molar-refractivity contribution < 1.29 is 39.8 Å². The van der Waals surface area contributed by atoms with E-state index in [0.717, 1.165) is 61.8 Å². The van der Waals surface area contributed by atoms with Crippen molar-refractivity contribution in [2.75, 3.05) is 60.3 Å². The Morgan fingerprint density at radius 2 is 1.89 bits per heavy atom. The number of allylic oxidation sites excluding steroid dienone is 9. The topological polar surface area (TPSA) is 161 Å². The van der Waals surface area contributed by atoms with Gasteiger partial charge in [0, 0.05) is 49.7 Å². The van der Waals surface area contributed by atoms with Gasteiger partial charge in [-0.25, -0.2) is 0 Å². The minimum Gasteiger partial charge on any atom is -0.396 e. The highest BCUT2D eigenvalue weighted by Crippen LogP contribution is 2.67. The molecule has 3 fully saturated rings. The van der Waals surface area contributed by atoms with E-state index >= 15 is 0 Å². The van der Waals surface area contributed by atoms with Crippen LogP contribution >= 0.6 is 0 Å². The van der Waals surface area contributed by atoms with E-state index in [1.807, 2.05) is 33.2 Å². The first-order valence-corrected chi connectivity index (χ1v) is 24.8. The number of aliphatic hydroxyl groups excluding tert-OH is 4. The van der Waals surface area contributed by atoms with E-state index in [9.17, 15) is 30.3 Å². The van der Waals surface area contributed by atoms with Crippen LogP contribution in [0.2, 0.25) is 0 Å². The van der Waals surface area contributed by atoms with Gasteiger partial charge in [0.15, 0.2) is 0 Å². The van der Waals surface area contributed by atoms with E-state index in [0.29, 0.717) is 50.1 Å². The van der Waals surface area contributed by atoms with Gasteiger partial charge in [0.05, 0.1) is 31.5 Å². The SMILES string of the molecule is C=C(/C=C/C=C(/COC[C@H](O)CO)[C@@H]1CC[C@]2([C@@H]1O)[C@@H]1C(=C(C)C=O)[C@@H](C=C[C@H]1CCO)C[C@]2(O)CCNC)[C@@H]1C/C=C(\C)CN[C@@](CCOC)(C2CCCCC2)Cc2cccc(c2)C1. The van der Waals surface area contributed by atoms with Crippen LogP contribution in [0.3, 0.4) is 0 Å². The van der Waals surface area contributed by atoms with Crippen LogP contribution in [0, 0.1) is 40.9 Å². The Kier molecular flexibility index (Phi) is 18.8. The van der Waals surface area contributed by atoms with E-state index in [4.69, 9.17) is 9.47 Å². The fourth-order valence-corrected chi connectivity index (χ4v) is 13.0. The summed E-state index contributed by atoms with van der Waals surface area (Å²) in [7, 11) is 3.68. The molecule has 4 bridgehead atoms. The monoisotopic (exact) mass is 899 g/mol. The highest BCUT2D eigenvalue weighted by molar-refractivity contribution is 5.74. The maximum absolute atomic E-state index is 13.0.